The van der Waals surface area contributed by atoms with Crippen molar-refractivity contribution in [3.8, 4) is 0 Å². The molecule has 88 valence electrons. The van der Waals surface area contributed by atoms with Gasteiger partial charge in [-0.25, -0.2) is 4.79 Å². The Labute approximate surface area is 95.6 Å². The third-order valence-electron chi connectivity index (χ3n) is 2.03. The van der Waals surface area contributed by atoms with E-state index in [1.54, 1.807) is 0 Å². The minimum absolute atomic E-state index is 0.400. The molecular weight excluding hydrogens is 206 g/mol. The summed E-state index contributed by atoms with van der Waals surface area (Å²) >= 11 is 0. The van der Waals surface area contributed by atoms with E-state index in [4.69, 9.17) is 4.74 Å². The average Bonchev–Trinajstić information content (AvgIpc) is 2.34. The molecule has 0 aliphatic rings. The van der Waals surface area contributed by atoms with E-state index in [1.165, 1.54) is 7.11 Å². The van der Waals surface area contributed by atoms with Crippen molar-refractivity contribution in [2.24, 2.45) is 0 Å². The molecule has 0 saturated carbocycles. The molecule has 0 bridgehead atoms. The van der Waals surface area contributed by atoms with Gasteiger partial charge in [0, 0.05) is 13.2 Å². The van der Waals surface area contributed by atoms with Gasteiger partial charge in [0.15, 0.2) is 0 Å². The highest BCUT2D eigenvalue weighted by molar-refractivity contribution is 5.66. The summed E-state index contributed by atoms with van der Waals surface area (Å²) in [5.74, 6) is 0. The van der Waals surface area contributed by atoms with E-state index in [0.717, 1.165) is 12.0 Å². The number of rotatable bonds is 6. The van der Waals surface area contributed by atoms with E-state index < -0.39 is 6.09 Å². The van der Waals surface area contributed by atoms with Crippen molar-refractivity contribution in [3.63, 3.8) is 0 Å². The zero-order valence-corrected chi connectivity index (χ0v) is 9.44. The van der Waals surface area contributed by atoms with Crippen molar-refractivity contribution in [2.75, 3.05) is 20.3 Å². The first-order valence-electron chi connectivity index (χ1n) is 5.26. The Kier molecular flexibility index (Phi) is 6.03. The van der Waals surface area contributed by atoms with Crippen LogP contribution in [0.15, 0.2) is 30.3 Å². The van der Waals surface area contributed by atoms with Crippen molar-refractivity contribution >= 4 is 6.09 Å². The van der Waals surface area contributed by atoms with E-state index in [0.29, 0.717) is 19.8 Å². The second-order valence-corrected chi connectivity index (χ2v) is 3.31. The van der Waals surface area contributed by atoms with Crippen LogP contribution in [0.3, 0.4) is 0 Å². The lowest BCUT2D eigenvalue weighted by Crippen LogP contribution is -2.24. The molecule has 0 radical (unpaired) electrons. The number of carbonyl (C=O) groups is 1. The number of benzene rings is 1. The maximum Gasteiger partial charge on any atom is 0.406 e. The van der Waals surface area contributed by atoms with Gasteiger partial charge in [-0.1, -0.05) is 30.3 Å². The molecule has 1 aromatic rings. The summed E-state index contributed by atoms with van der Waals surface area (Å²) in [7, 11) is 1.35. The van der Waals surface area contributed by atoms with Gasteiger partial charge in [-0.05, 0) is 12.0 Å². The van der Waals surface area contributed by atoms with Crippen molar-refractivity contribution < 1.29 is 14.3 Å². The molecule has 0 saturated heterocycles. The summed E-state index contributed by atoms with van der Waals surface area (Å²) in [6, 6.07) is 9.98. The highest BCUT2D eigenvalue weighted by Gasteiger charge is 1.96. The molecule has 1 rings (SSSR count). The third-order valence-corrected chi connectivity index (χ3v) is 2.03. The molecule has 0 aliphatic carbocycles. The molecule has 4 heteroatoms. The fourth-order valence-corrected chi connectivity index (χ4v) is 1.20. The first kappa shape index (κ1) is 12.5. The zero-order valence-electron chi connectivity index (χ0n) is 9.44. The summed E-state index contributed by atoms with van der Waals surface area (Å²) in [5.41, 5.74) is 1.16. The maximum atomic E-state index is 10.7. The largest absolute Gasteiger partial charge is 0.453 e. The van der Waals surface area contributed by atoms with Crippen LogP contribution in [0.1, 0.15) is 12.0 Å². The van der Waals surface area contributed by atoms with Crippen LogP contribution in [0.25, 0.3) is 0 Å². The van der Waals surface area contributed by atoms with Crippen molar-refractivity contribution in [3.05, 3.63) is 35.9 Å². The minimum atomic E-state index is -0.400. The number of ether oxygens (including phenoxy) is 2. The highest BCUT2D eigenvalue weighted by Crippen LogP contribution is 2.00. The van der Waals surface area contributed by atoms with E-state index >= 15 is 0 Å². The molecule has 4 nitrogen and oxygen atoms in total. The van der Waals surface area contributed by atoms with E-state index in [-0.39, 0.29) is 0 Å². The third kappa shape index (κ3) is 5.36. The smallest absolute Gasteiger partial charge is 0.406 e. The van der Waals surface area contributed by atoms with Crippen LogP contribution in [-0.4, -0.2) is 26.4 Å². The summed E-state index contributed by atoms with van der Waals surface area (Å²) in [4.78, 5) is 10.7. The second kappa shape index (κ2) is 7.70. The number of carbonyl (C=O) groups excluding carboxylic acids is 1. The number of nitrogens with one attached hydrogen (secondary N) is 1. The van der Waals surface area contributed by atoms with Gasteiger partial charge in [0.1, 0.15) is 0 Å². The molecule has 1 amide bonds. The number of alkyl carbamates (subject to hydrolysis) is 1. The number of methoxy groups -OCH3 is 1. The Morgan fingerprint density at radius 1 is 1.31 bits per heavy atom. The zero-order chi connectivity index (χ0) is 11.6. The Balaban J connectivity index is 1.98. The fraction of sp³-hybridized carbons (Fsp3) is 0.417. The average molecular weight is 223 g/mol. The van der Waals surface area contributed by atoms with Gasteiger partial charge in [-0.3, -0.25) is 0 Å². The first-order valence-corrected chi connectivity index (χ1v) is 5.26. The van der Waals surface area contributed by atoms with Crippen molar-refractivity contribution in [1.29, 1.82) is 0 Å². The molecule has 1 aromatic carbocycles. The molecule has 0 aromatic heterocycles. The van der Waals surface area contributed by atoms with E-state index in [1.807, 2.05) is 30.3 Å². The Hall–Kier alpha value is -1.55. The monoisotopic (exact) mass is 223 g/mol. The van der Waals surface area contributed by atoms with Crippen LogP contribution in [-0.2, 0) is 16.1 Å². The molecule has 0 fully saturated rings. The Bertz CT molecular complexity index is 300. The second-order valence-electron chi connectivity index (χ2n) is 3.31. The molecule has 0 aliphatic heterocycles. The predicted octanol–water partition coefficient (Wildman–Crippen LogP) is 1.95. The van der Waals surface area contributed by atoms with Crippen LogP contribution in [0.2, 0.25) is 0 Å². The standard InChI is InChI=1S/C12H17NO3/c1-15-12(14)13-8-5-9-16-10-11-6-3-2-4-7-11/h2-4,6-7H,5,8-10H2,1H3,(H,13,14). The van der Waals surface area contributed by atoms with Crippen LogP contribution >= 0.6 is 0 Å². The normalized spacial score (nSPS) is 9.81. The Morgan fingerprint density at radius 2 is 2.06 bits per heavy atom. The molecule has 1 N–H and O–H groups in total. The fourth-order valence-electron chi connectivity index (χ4n) is 1.20. The number of amides is 1. The minimum Gasteiger partial charge on any atom is -0.453 e. The lowest BCUT2D eigenvalue weighted by Gasteiger charge is -2.05. The van der Waals surface area contributed by atoms with Crippen LogP contribution < -0.4 is 5.32 Å². The van der Waals surface area contributed by atoms with Gasteiger partial charge in [-0.2, -0.15) is 0 Å². The van der Waals surface area contributed by atoms with Crippen molar-refractivity contribution in [1.82, 2.24) is 5.32 Å². The van der Waals surface area contributed by atoms with E-state index in [2.05, 4.69) is 10.1 Å². The lowest BCUT2D eigenvalue weighted by molar-refractivity contribution is 0.117. The van der Waals surface area contributed by atoms with Crippen molar-refractivity contribution in [2.45, 2.75) is 13.0 Å². The van der Waals surface area contributed by atoms with Crippen LogP contribution in [0, 0.1) is 0 Å². The van der Waals surface area contributed by atoms with Gasteiger partial charge in [0.2, 0.25) is 0 Å². The molecule has 0 spiro atoms. The highest BCUT2D eigenvalue weighted by atomic mass is 16.5. The van der Waals surface area contributed by atoms with Crippen LogP contribution in [0.4, 0.5) is 4.79 Å². The first-order chi connectivity index (χ1) is 7.83. The number of hydrogen-bond acceptors (Lipinski definition) is 3. The molecule has 0 heterocycles. The molecule has 0 atom stereocenters. The van der Waals surface area contributed by atoms with Gasteiger partial charge >= 0.3 is 6.09 Å². The van der Waals surface area contributed by atoms with Gasteiger partial charge in [0.05, 0.1) is 13.7 Å². The van der Waals surface area contributed by atoms with Crippen LogP contribution in [0.5, 0.6) is 0 Å². The van der Waals surface area contributed by atoms with Gasteiger partial charge in [-0.15, -0.1) is 0 Å². The van der Waals surface area contributed by atoms with E-state index in [9.17, 15) is 4.79 Å². The summed E-state index contributed by atoms with van der Waals surface area (Å²) in [5, 5.41) is 2.59. The quantitative estimate of drug-likeness (QED) is 0.750. The molecule has 16 heavy (non-hydrogen) atoms. The predicted molar refractivity (Wildman–Crippen MR) is 61.1 cm³/mol. The summed E-state index contributed by atoms with van der Waals surface area (Å²) < 4.78 is 9.88. The number of hydrogen-bond donors (Lipinski definition) is 1. The SMILES string of the molecule is COC(=O)NCCCOCc1ccccc1. The lowest BCUT2D eigenvalue weighted by atomic mass is 10.2. The summed E-state index contributed by atoms with van der Waals surface area (Å²) in [6.07, 6.45) is 0.380. The molecule has 0 unspecified atom stereocenters. The van der Waals surface area contributed by atoms with Gasteiger partial charge in [0.25, 0.3) is 0 Å². The Morgan fingerprint density at radius 3 is 2.75 bits per heavy atom. The molecular formula is C12H17NO3. The summed E-state index contributed by atoms with van der Waals surface area (Å²) in [6.45, 7) is 1.80. The topological polar surface area (TPSA) is 47.6 Å². The maximum absolute atomic E-state index is 10.7. The van der Waals surface area contributed by atoms with Gasteiger partial charge < -0.3 is 14.8 Å².